The molecule has 178 valence electrons. The number of carboxylic acid groups (broad SMARTS) is 1. The van der Waals surface area contributed by atoms with Crippen LogP contribution in [-0.4, -0.2) is 71.2 Å². The standard InChI is InChI=1S/C18H35N7O5S/c1-4-9(2)13(16(28)24-12(8-31)17(29)30)25-14(26)10(3)23-15(27)11(19)6-5-7-22-18(20)21/h9-13,31H,4-8,19H2,1-3H3,(H,23,27)(H,24,28)(H,25,26)(H,29,30)(H4,20,21,22). The number of amides is 3. The average molecular weight is 462 g/mol. The van der Waals surface area contributed by atoms with Crippen LogP contribution in [0.15, 0.2) is 4.99 Å². The molecule has 0 aromatic heterocycles. The molecule has 0 rings (SSSR count). The van der Waals surface area contributed by atoms with Gasteiger partial charge in [-0.15, -0.1) is 0 Å². The summed E-state index contributed by atoms with van der Waals surface area (Å²) in [6.45, 7) is 5.36. The minimum atomic E-state index is -1.23. The summed E-state index contributed by atoms with van der Waals surface area (Å²) >= 11 is 3.91. The molecular weight excluding hydrogens is 426 g/mol. The van der Waals surface area contributed by atoms with Crippen LogP contribution in [0, 0.1) is 5.92 Å². The Morgan fingerprint density at radius 2 is 1.65 bits per heavy atom. The van der Waals surface area contributed by atoms with Crippen LogP contribution in [-0.2, 0) is 19.2 Å². The summed E-state index contributed by atoms with van der Waals surface area (Å²) in [4.78, 5) is 52.2. The van der Waals surface area contributed by atoms with Crippen molar-refractivity contribution >= 4 is 42.3 Å². The van der Waals surface area contributed by atoms with Crippen LogP contribution >= 0.6 is 12.6 Å². The van der Waals surface area contributed by atoms with Gasteiger partial charge in [-0.1, -0.05) is 20.3 Å². The lowest BCUT2D eigenvalue weighted by atomic mass is 9.97. The Balaban J connectivity index is 4.90. The first-order chi connectivity index (χ1) is 14.4. The van der Waals surface area contributed by atoms with E-state index in [1.54, 1.807) is 6.92 Å². The van der Waals surface area contributed by atoms with Crippen molar-refractivity contribution in [3.05, 3.63) is 0 Å². The van der Waals surface area contributed by atoms with Crippen LogP contribution in [0.3, 0.4) is 0 Å². The molecule has 0 aliphatic carbocycles. The summed E-state index contributed by atoms with van der Waals surface area (Å²) in [7, 11) is 0. The minimum Gasteiger partial charge on any atom is -0.480 e. The van der Waals surface area contributed by atoms with Gasteiger partial charge in [0.2, 0.25) is 17.7 Å². The first kappa shape index (κ1) is 28.5. The third-order valence-electron chi connectivity index (χ3n) is 4.65. The number of carboxylic acids is 1. The van der Waals surface area contributed by atoms with Crippen LogP contribution in [0.4, 0.5) is 0 Å². The van der Waals surface area contributed by atoms with Gasteiger partial charge in [0.25, 0.3) is 0 Å². The maximum absolute atomic E-state index is 12.5. The number of carbonyl (C=O) groups excluding carboxylic acids is 3. The Hall–Kier alpha value is -2.54. The van der Waals surface area contributed by atoms with Crippen LogP contribution in [0.2, 0.25) is 0 Å². The van der Waals surface area contributed by atoms with E-state index in [-0.39, 0.29) is 17.6 Å². The zero-order valence-corrected chi connectivity index (χ0v) is 19.0. The first-order valence-corrected chi connectivity index (χ1v) is 10.6. The van der Waals surface area contributed by atoms with Gasteiger partial charge in [0.05, 0.1) is 6.04 Å². The highest BCUT2D eigenvalue weighted by Gasteiger charge is 2.31. The SMILES string of the molecule is CCC(C)C(NC(=O)C(C)NC(=O)C(N)CCCN=C(N)N)C(=O)NC(CS)C(=O)O. The Morgan fingerprint density at radius 3 is 2.13 bits per heavy atom. The first-order valence-electron chi connectivity index (χ1n) is 10.00. The van der Waals surface area contributed by atoms with Crippen molar-refractivity contribution in [1.82, 2.24) is 16.0 Å². The number of nitrogens with zero attached hydrogens (tertiary/aromatic N) is 1. The van der Waals surface area contributed by atoms with Crippen molar-refractivity contribution in [2.24, 2.45) is 28.1 Å². The van der Waals surface area contributed by atoms with Gasteiger partial charge in [-0.3, -0.25) is 19.4 Å². The molecule has 0 spiro atoms. The lowest BCUT2D eigenvalue weighted by molar-refractivity contribution is -0.142. The molecule has 10 N–H and O–H groups in total. The zero-order valence-electron chi connectivity index (χ0n) is 18.1. The van der Waals surface area contributed by atoms with Gasteiger partial charge >= 0.3 is 5.97 Å². The number of rotatable bonds is 14. The molecule has 0 aromatic rings. The molecule has 0 aliphatic heterocycles. The highest BCUT2D eigenvalue weighted by atomic mass is 32.1. The highest BCUT2D eigenvalue weighted by molar-refractivity contribution is 7.80. The maximum Gasteiger partial charge on any atom is 0.327 e. The van der Waals surface area contributed by atoms with Crippen molar-refractivity contribution in [2.45, 2.75) is 64.2 Å². The second-order valence-corrected chi connectivity index (χ2v) is 7.60. The second kappa shape index (κ2) is 14.5. The van der Waals surface area contributed by atoms with Crippen LogP contribution in [0.5, 0.6) is 0 Å². The molecule has 0 heterocycles. The second-order valence-electron chi connectivity index (χ2n) is 7.24. The Labute approximate surface area is 187 Å². The smallest absolute Gasteiger partial charge is 0.327 e. The zero-order chi connectivity index (χ0) is 24.1. The Morgan fingerprint density at radius 1 is 1.03 bits per heavy atom. The number of nitrogens with one attached hydrogen (secondary N) is 3. The average Bonchev–Trinajstić information content (AvgIpc) is 2.71. The van der Waals surface area contributed by atoms with Crippen molar-refractivity contribution in [2.75, 3.05) is 12.3 Å². The van der Waals surface area contributed by atoms with Gasteiger partial charge in [-0.25, -0.2) is 4.79 Å². The summed E-state index contributed by atoms with van der Waals surface area (Å²) < 4.78 is 0. The third kappa shape index (κ3) is 10.9. The van der Waals surface area contributed by atoms with Gasteiger partial charge < -0.3 is 38.3 Å². The normalized spacial score (nSPS) is 15.5. The van der Waals surface area contributed by atoms with E-state index in [1.165, 1.54) is 6.92 Å². The fourth-order valence-electron chi connectivity index (χ4n) is 2.46. The Kier molecular flexibility index (Phi) is 13.3. The summed E-state index contributed by atoms with van der Waals surface area (Å²) in [5, 5.41) is 16.5. The van der Waals surface area contributed by atoms with E-state index in [2.05, 4.69) is 33.6 Å². The molecule has 0 aliphatic rings. The summed E-state index contributed by atoms with van der Waals surface area (Å²) in [6.07, 6.45) is 1.35. The molecule has 0 saturated carbocycles. The largest absolute Gasteiger partial charge is 0.480 e. The predicted octanol–water partition coefficient (Wildman–Crippen LogP) is -2.10. The quantitative estimate of drug-likeness (QED) is 0.0619. The van der Waals surface area contributed by atoms with E-state index in [0.717, 1.165) is 0 Å². The number of carbonyl (C=O) groups is 4. The molecule has 0 saturated heterocycles. The van der Waals surface area contributed by atoms with Crippen molar-refractivity contribution in [1.29, 1.82) is 0 Å². The lowest BCUT2D eigenvalue weighted by Crippen LogP contribution is -2.58. The summed E-state index contributed by atoms with van der Waals surface area (Å²) in [5.41, 5.74) is 16.3. The summed E-state index contributed by atoms with van der Waals surface area (Å²) in [6, 6.07) is -3.99. The molecule has 13 heteroatoms. The van der Waals surface area contributed by atoms with E-state index in [0.29, 0.717) is 25.8 Å². The number of aliphatic imine (C=N–C) groups is 1. The van der Waals surface area contributed by atoms with Crippen LogP contribution < -0.4 is 33.2 Å². The number of nitrogens with two attached hydrogens (primary N) is 3. The highest BCUT2D eigenvalue weighted by Crippen LogP contribution is 2.09. The molecule has 5 unspecified atom stereocenters. The topological polar surface area (TPSA) is 215 Å². The van der Waals surface area contributed by atoms with Gasteiger partial charge in [-0.2, -0.15) is 12.6 Å². The van der Waals surface area contributed by atoms with E-state index in [1.807, 2.05) is 6.92 Å². The predicted molar refractivity (Wildman–Crippen MR) is 120 cm³/mol. The third-order valence-corrected chi connectivity index (χ3v) is 5.01. The lowest BCUT2D eigenvalue weighted by Gasteiger charge is -2.26. The van der Waals surface area contributed by atoms with E-state index in [9.17, 15) is 19.2 Å². The van der Waals surface area contributed by atoms with Crippen molar-refractivity contribution in [3.63, 3.8) is 0 Å². The number of hydrogen-bond donors (Lipinski definition) is 8. The van der Waals surface area contributed by atoms with Crippen LogP contribution in [0.25, 0.3) is 0 Å². The number of aliphatic carboxylic acids is 1. The summed E-state index contributed by atoms with van der Waals surface area (Å²) in [5.74, 6) is -3.43. The molecule has 5 atom stereocenters. The molecule has 0 bridgehead atoms. The molecule has 0 fully saturated rings. The van der Waals surface area contributed by atoms with Gasteiger partial charge in [0.1, 0.15) is 18.1 Å². The van der Waals surface area contributed by atoms with E-state index >= 15 is 0 Å². The van der Waals surface area contributed by atoms with Gasteiger partial charge in [0, 0.05) is 12.3 Å². The van der Waals surface area contributed by atoms with Gasteiger partial charge in [-0.05, 0) is 25.7 Å². The fraction of sp³-hybridized carbons (Fsp3) is 0.722. The Bertz CT molecular complexity index is 657. The van der Waals surface area contributed by atoms with E-state index < -0.39 is 47.9 Å². The van der Waals surface area contributed by atoms with E-state index in [4.69, 9.17) is 22.3 Å². The molecule has 0 radical (unpaired) electrons. The molecule has 3 amide bonds. The van der Waals surface area contributed by atoms with Crippen molar-refractivity contribution < 1.29 is 24.3 Å². The number of hydrogen-bond acceptors (Lipinski definition) is 7. The van der Waals surface area contributed by atoms with Crippen LogP contribution in [0.1, 0.15) is 40.0 Å². The van der Waals surface area contributed by atoms with Gasteiger partial charge in [0.15, 0.2) is 5.96 Å². The minimum absolute atomic E-state index is 0.0488. The molecular formula is C18H35N7O5S. The number of thiol groups is 1. The molecule has 31 heavy (non-hydrogen) atoms. The monoisotopic (exact) mass is 461 g/mol. The van der Waals surface area contributed by atoms with Crippen molar-refractivity contribution in [3.8, 4) is 0 Å². The fourth-order valence-corrected chi connectivity index (χ4v) is 2.71. The molecule has 12 nitrogen and oxygen atoms in total. The number of guanidine groups is 1. The molecule has 0 aromatic carbocycles. The maximum atomic E-state index is 12.5.